The molecule has 1 aromatic carbocycles. The lowest BCUT2D eigenvalue weighted by Gasteiger charge is -2.32. The average molecular weight is 526 g/mol. The van der Waals surface area contributed by atoms with Gasteiger partial charge in [-0.15, -0.1) is 0 Å². The second kappa shape index (κ2) is 10.2. The summed E-state index contributed by atoms with van der Waals surface area (Å²) in [7, 11) is 0. The molecule has 1 aliphatic heterocycles. The fourth-order valence-corrected chi connectivity index (χ4v) is 5.16. The lowest BCUT2D eigenvalue weighted by molar-refractivity contribution is 0.0896. The summed E-state index contributed by atoms with van der Waals surface area (Å²) in [6, 6.07) is 1.67. The Hall–Kier alpha value is -3.76. The second-order valence-electron chi connectivity index (χ2n) is 10.7. The molecule has 0 radical (unpaired) electrons. The summed E-state index contributed by atoms with van der Waals surface area (Å²) < 4.78 is 23.2. The Morgan fingerprint density at radius 3 is 2.61 bits per heavy atom. The Kier molecular flexibility index (Phi) is 6.93. The Morgan fingerprint density at radius 2 is 1.95 bits per heavy atom. The van der Waals surface area contributed by atoms with Gasteiger partial charge in [-0.3, -0.25) is 18.7 Å². The molecule has 2 fully saturated rings. The molecule has 1 aliphatic carbocycles. The summed E-state index contributed by atoms with van der Waals surface area (Å²) in [6.45, 7) is 6.45. The molecule has 3 heterocycles. The van der Waals surface area contributed by atoms with E-state index in [1.54, 1.807) is 25.7 Å². The van der Waals surface area contributed by atoms with Gasteiger partial charge in [0, 0.05) is 38.2 Å². The van der Waals surface area contributed by atoms with Crippen molar-refractivity contribution in [1.29, 1.82) is 0 Å². The van der Waals surface area contributed by atoms with Crippen LogP contribution < -0.4 is 16.6 Å². The molecule has 3 aromatic rings. The van der Waals surface area contributed by atoms with Crippen LogP contribution in [0.2, 0.25) is 0 Å². The number of piperidine rings is 1. The lowest BCUT2D eigenvalue weighted by atomic mass is 9.93. The van der Waals surface area contributed by atoms with E-state index in [1.807, 2.05) is 0 Å². The largest absolute Gasteiger partial charge is 0.439 e. The van der Waals surface area contributed by atoms with E-state index in [4.69, 9.17) is 4.42 Å². The van der Waals surface area contributed by atoms with Gasteiger partial charge in [-0.1, -0.05) is 0 Å². The van der Waals surface area contributed by atoms with Crippen LogP contribution in [0.25, 0.3) is 10.9 Å². The zero-order valence-electron chi connectivity index (χ0n) is 21.8. The van der Waals surface area contributed by atoms with Gasteiger partial charge in [0.25, 0.3) is 11.4 Å². The number of rotatable bonds is 7. The van der Waals surface area contributed by atoms with Crippen molar-refractivity contribution < 1.29 is 18.4 Å². The van der Waals surface area contributed by atoms with Crippen LogP contribution in [0.15, 0.2) is 32.3 Å². The number of halogens is 1. The molecule has 0 spiro atoms. The maximum Gasteiger partial charge on any atom is 0.331 e. The van der Waals surface area contributed by atoms with Crippen LogP contribution in [0.1, 0.15) is 68.4 Å². The molecule has 1 N–H and O–H groups in total. The van der Waals surface area contributed by atoms with Crippen molar-refractivity contribution in [3.8, 4) is 0 Å². The highest BCUT2D eigenvalue weighted by Gasteiger charge is 2.29. The average Bonchev–Trinajstić information content (AvgIpc) is 3.59. The fourth-order valence-electron chi connectivity index (χ4n) is 5.16. The number of likely N-dealkylation sites (tertiary alicyclic amines) is 1. The fraction of sp³-hybridized carbons (Fsp3) is 0.519. The molecule has 1 saturated carbocycles. The minimum atomic E-state index is -0.734. The van der Waals surface area contributed by atoms with Gasteiger partial charge in [0.1, 0.15) is 11.6 Å². The topological polar surface area (TPSA) is 119 Å². The van der Waals surface area contributed by atoms with E-state index in [-0.39, 0.29) is 46.6 Å². The van der Waals surface area contributed by atoms with Gasteiger partial charge < -0.3 is 14.6 Å². The smallest absolute Gasteiger partial charge is 0.331 e. The molecule has 10 nitrogen and oxygen atoms in total. The number of nitrogens with one attached hydrogen (secondary N) is 1. The minimum Gasteiger partial charge on any atom is -0.439 e. The van der Waals surface area contributed by atoms with Gasteiger partial charge in [-0.2, -0.15) is 0 Å². The summed E-state index contributed by atoms with van der Waals surface area (Å²) >= 11 is 0. The first-order chi connectivity index (χ1) is 18.1. The highest BCUT2D eigenvalue weighted by molar-refractivity contribution is 5.93. The van der Waals surface area contributed by atoms with Crippen molar-refractivity contribution in [2.45, 2.75) is 65.5 Å². The van der Waals surface area contributed by atoms with E-state index >= 15 is 4.39 Å². The van der Waals surface area contributed by atoms with Crippen molar-refractivity contribution in [3.05, 3.63) is 56.6 Å². The molecule has 2 aliphatic rings. The molecule has 0 bridgehead atoms. The summed E-state index contributed by atoms with van der Waals surface area (Å²) in [6.07, 6.45) is 5.09. The molecule has 1 atom stereocenters. The number of hydrogen-bond acceptors (Lipinski definition) is 6. The van der Waals surface area contributed by atoms with Gasteiger partial charge >= 0.3 is 11.7 Å². The summed E-state index contributed by atoms with van der Waals surface area (Å²) in [4.78, 5) is 57.5. The first-order valence-electron chi connectivity index (χ1n) is 13.1. The number of hydrogen-bond donors (Lipinski definition) is 1. The highest BCUT2D eigenvalue weighted by Crippen LogP contribution is 2.30. The summed E-state index contributed by atoms with van der Waals surface area (Å²) in [5, 5.41) is 2.78. The van der Waals surface area contributed by atoms with E-state index in [0.717, 1.165) is 25.3 Å². The molecule has 1 unspecified atom stereocenters. The third kappa shape index (κ3) is 5.14. The molecule has 11 heteroatoms. The van der Waals surface area contributed by atoms with Crippen LogP contribution in [0.4, 0.5) is 14.9 Å². The van der Waals surface area contributed by atoms with Crippen LogP contribution in [0.5, 0.6) is 0 Å². The van der Waals surface area contributed by atoms with E-state index < -0.39 is 23.1 Å². The Morgan fingerprint density at radius 1 is 1.18 bits per heavy atom. The third-order valence-corrected chi connectivity index (χ3v) is 7.29. The number of oxazole rings is 1. The number of ketones is 1. The van der Waals surface area contributed by atoms with Gasteiger partial charge in [0.05, 0.1) is 22.8 Å². The number of carbonyl (C=O) groups excluding carboxylic acids is 2. The standard InChI is InChI=1S/C27H32FN5O5/c1-15(2)33-22-11-20(28)21(10-19(22)25(35)32(27(33)37)14-17-6-7-17)30-26(36)31-8-4-5-18(13-31)9-23(34)24-29-12-16(3)38-24/h10-12,15,17-18H,4-9,13-14H2,1-3H3,(H,30,36). The first-order valence-corrected chi connectivity index (χ1v) is 13.1. The van der Waals surface area contributed by atoms with Crippen molar-refractivity contribution in [3.63, 3.8) is 0 Å². The van der Waals surface area contributed by atoms with Crippen molar-refractivity contribution in [2.24, 2.45) is 11.8 Å². The zero-order valence-corrected chi connectivity index (χ0v) is 21.8. The van der Waals surface area contributed by atoms with Gasteiger partial charge in [-0.25, -0.2) is 19.0 Å². The molecule has 38 heavy (non-hydrogen) atoms. The third-order valence-electron chi connectivity index (χ3n) is 7.29. The summed E-state index contributed by atoms with van der Waals surface area (Å²) in [5.41, 5.74) is -0.854. The number of urea groups is 1. The van der Waals surface area contributed by atoms with Gasteiger partial charge in [0.2, 0.25) is 5.78 Å². The number of aryl methyl sites for hydroxylation is 1. The lowest BCUT2D eigenvalue weighted by Crippen LogP contribution is -2.43. The van der Waals surface area contributed by atoms with Crippen LogP contribution in [-0.2, 0) is 6.54 Å². The summed E-state index contributed by atoms with van der Waals surface area (Å²) in [5.74, 6) is -0.114. The molecule has 1 saturated heterocycles. The van der Waals surface area contributed by atoms with Crippen LogP contribution in [0, 0.1) is 24.6 Å². The number of nitrogens with zero attached hydrogens (tertiary/aromatic N) is 4. The van der Waals surface area contributed by atoms with E-state index in [0.29, 0.717) is 37.7 Å². The van der Waals surface area contributed by atoms with E-state index in [1.165, 1.54) is 21.4 Å². The van der Waals surface area contributed by atoms with E-state index in [9.17, 15) is 19.2 Å². The highest BCUT2D eigenvalue weighted by atomic mass is 19.1. The number of carbonyl (C=O) groups is 2. The first kappa shape index (κ1) is 25.9. The van der Waals surface area contributed by atoms with E-state index in [2.05, 4.69) is 10.3 Å². The quantitative estimate of drug-likeness (QED) is 0.464. The van der Waals surface area contributed by atoms with Crippen LogP contribution in [-0.4, -0.2) is 43.9 Å². The molecular formula is C27H32FN5O5. The molecule has 2 amide bonds. The number of aromatic nitrogens is 3. The molecule has 2 aromatic heterocycles. The monoisotopic (exact) mass is 525 g/mol. The number of fused-ring (bicyclic) bond motifs is 1. The predicted octanol–water partition coefficient (Wildman–Crippen LogP) is 4.11. The van der Waals surface area contributed by atoms with Gasteiger partial charge in [-0.05, 0) is 64.4 Å². The second-order valence-corrected chi connectivity index (χ2v) is 10.7. The Bertz CT molecular complexity index is 1520. The van der Waals surface area contributed by atoms with Crippen LogP contribution >= 0.6 is 0 Å². The minimum absolute atomic E-state index is 0.0644. The van der Waals surface area contributed by atoms with Crippen molar-refractivity contribution >= 4 is 28.4 Å². The molecule has 5 rings (SSSR count). The van der Waals surface area contributed by atoms with Crippen LogP contribution in [0.3, 0.4) is 0 Å². The Balaban J connectivity index is 1.37. The van der Waals surface area contributed by atoms with Crippen molar-refractivity contribution in [1.82, 2.24) is 19.0 Å². The van der Waals surface area contributed by atoms with Crippen molar-refractivity contribution in [2.75, 3.05) is 18.4 Å². The normalized spacial score (nSPS) is 17.8. The maximum absolute atomic E-state index is 15.2. The Labute approximate surface area is 218 Å². The molecule has 202 valence electrons. The maximum atomic E-state index is 15.2. The zero-order chi connectivity index (χ0) is 27.1. The predicted molar refractivity (Wildman–Crippen MR) is 139 cm³/mol. The number of benzene rings is 1. The molecular weight excluding hydrogens is 493 g/mol. The number of anilines is 1. The SMILES string of the molecule is Cc1cnc(C(=O)CC2CCCN(C(=O)Nc3cc4c(=O)n(CC5CC5)c(=O)n(C(C)C)c4cc3F)C2)o1. The number of Topliss-reactive ketones (excluding diaryl/α,β-unsaturated/α-hetero) is 1. The van der Waals surface area contributed by atoms with Gasteiger partial charge in [0.15, 0.2) is 0 Å². The number of amides is 2.